The monoisotopic (exact) mass is 444 g/mol. The van der Waals surface area contributed by atoms with Crippen molar-refractivity contribution >= 4 is 35.2 Å². The van der Waals surface area contributed by atoms with Crippen LogP contribution in [0.4, 0.5) is 0 Å². The third-order valence-electron chi connectivity index (χ3n) is 5.27. The summed E-state index contributed by atoms with van der Waals surface area (Å²) < 4.78 is 9.65. The molecule has 168 valence electrons. The molecule has 1 aromatic carbocycles. The molecule has 1 saturated heterocycles. The van der Waals surface area contributed by atoms with Crippen molar-refractivity contribution in [2.24, 2.45) is 11.0 Å². The lowest BCUT2D eigenvalue weighted by atomic mass is 9.94. The molecule has 0 bridgehead atoms. The first-order chi connectivity index (χ1) is 14.7. The van der Waals surface area contributed by atoms with E-state index < -0.39 is 5.97 Å². The third kappa shape index (κ3) is 5.89. The average molecular weight is 445 g/mol. The lowest BCUT2D eigenvalue weighted by Gasteiger charge is -2.26. The van der Waals surface area contributed by atoms with E-state index >= 15 is 0 Å². The molecule has 7 nitrogen and oxygen atoms in total. The molecule has 3 rings (SSSR count). The van der Waals surface area contributed by atoms with Crippen molar-refractivity contribution in [2.75, 3.05) is 19.8 Å². The number of hydrogen-bond donors (Lipinski definition) is 1. The topological polar surface area (TPSA) is 80.0 Å². The summed E-state index contributed by atoms with van der Waals surface area (Å²) in [6.07, 6.45) is 3.45. The van der Waals surface area contributed by atoms with E-state index in [1.54, 1.807) is 4.41 Å². The summed E-state index contributed by atoms with van der Waals surface area (Å²) in [4.78, 5) is 16.9. The number of ether oxygens (including phenoxy) is 1. The van der Waals surface area contributed by atoms with E-state index in [1.165, 1.54) is 18.2 Å². The van der Waals surface area contributed by atoms with Gasteiger partial charge in [0.15, 0.2) is 0 Å². The second kappa shape index (κ2) is 9.87. The zero-order valence-corrected chi connectivity index (χ0v) is 19.6. The Morgan fingerprint density at radius 2 is 2.13 bits per heavy atom. The van der Waals surface area contributed by atoms with Gasteiger partial charge in [0.25, 0.3) is 0 Å². The third-order valence-corrected chi connectivity index (χ3v) is 6.30. The summed E-state index contributed by atoms with van der Waals surface area (Å²) in [5.74, 6) is 0.629. The van der Waals surface area contributed by atoms with Gasteiger partial charge in [-0.3, -0.25) is 0 Å². The molecular weight excluding hydrogens is 412 g/mol. The van der Waals surface area contributed by atoms with Crippen molar-refractivity contribution in [1.82, 2.24) is 14.0 Å². The fraction of sp³-hybridized carbons (Fsp3) is 0.522. The van der Waals surface area contributed by atoms with Crippen LogP contribution in [0, 0.1) is 5.92 Å². The van der Waals surface area contributed by atoms with Crippen LogP contribution in [-0.4, -0.2) is 51.0 Å². The number of rotatable bonds is 8. The molecule has 0 radical (unpaired) electrons. The van der Waals surface area contributed by atoms with Gasteiger partial charge >= 0.3 is 5.97 Å². The number of hydrogen-bond acceptors (Lipinski definition) is 6. The standard InChI is InChI=1S/C23H32N4O3S/c1-6-27(24-14-16(2)21(28)29)31-18-7-8-20-19(13-18)25-22(23(3,4)5)26(20)15-17-9-11-30-12-10-17/h7-8,13-14,17H,2,6,9-12,15H2,1,3-5H3,(H,28,29)/b24-14-. The summed E-state index contributed by atoms with van der Waals surface area (Å²) >= 11 is 1.45. The van der Waals surface area contributed by atoms with Gasteiger partial charge in [0.1, 0.15) is 5.82 Å². The summed E-state index contributed by atoms with van der Waals surface area (Å²) in [5, 5.41) is 13.2. The Balaban J connectivity index is 1.87. The van der Waals surface area contributed by atoms with Crippen LogP contribution in [0.1, 0.15) is 46.4 Å². The van der Waals surface area contributed by atoms with Crippen LogP contribution in [0.5, 0.6) is 0 Å². The second-order valence-electron chi connectivity index (χ2n) is 8.84. The first-order valence-electron chi connectivity index (χ1n) is 10.7. The molecule has 1 N–H and O–H groups in total. The van der Waals surface area contributed by atoms with Gasteiger partial charge in [-0.1, -0.05) is 27.4 Å². The maximum Gasteiger partial charge on any atom is 0.336 e. The Hall–Kier alpha value is -2.32. The Kier molecular flexibility index (Phi) is 7.43. The van der Waals surface area contributed by atoms with E-state index in [4.69, 9.17) is 14.8 Å². The number of imidazole rings is 1. The highest BCUT2D eigenvalue weighted by atomic mass is 32.2. The minimum atomic E-state index is -1.07. The number of nitrogens with zero attached hydrogens (tertiary/aromatic N) is 4. The van der Waals surface area contributed by atoms with E-state index in [9.17, 15) is 4.79 Å². The Morgan fingerprint density at radius 3 is 2.74 bits per heavy atom. The van der Waals surface area contributed by atoms with Gasteiger partial charge in [-0.15, -0.1) is 0 Å². The molecule has 0 spiro atoms. The maximum absolute atomic E-state index is 10.9. The number of fused-ring (bicyclic) bond motifs is 1. The molecule has 0 aliphatic carbocycles. The van der Waals surface area contributed by atoms with Crippen molar-refractivity contribution in [1.29, 1.82) is 0 Å². The van der Waals surface area contributed by atoms with Crippen molar-refractivity contribution < 1.29 is 14.6 Å². The summed E-state index contributed by atoms with van der Waals surface area (Å²) in [7, 11) is 0. The molecule has 31 heavy (non-hydrogen) atoms. The van der Waals surface area contributed by atoms with Crippen molar-refractivity contribution in [3.63, 3.8) is 0 Å². The van der Waals surface area contributed by atoms with Crippen LogP contribution in [-0.2, 0) is 21.5 Å². The molecule has 0 atom stereocenters. The van der Waals surface area contributed by atoms with Gasteiger partial charge in [-0.05, 0) is 43.9 Å². The molecule has 2 aromatic rings. The Labute approximate surface area is 188 Å². The van der Waals surface area contributed by atoms with E-state index in [0.29, 0.717) is 12.5 Å². The van der Waals surface area contributed by atoms with Gasteiger partial charge in [0.05, 0.1) is 22.8 Å². The number of carboxylic acid groups (broad SMARTS) is 1. The first kappa shape index (κ1) is 23.3. The van der Waals surface area contributed by atoms with Crippen molar-refractivity contribution in [3.05, 3.63) is 36.2 Å². The molecule has 0 saturated carbocycles. The van der Waals surface area contributed by atoms with Gasteiger partial charge < -0.3 is 14.4 Å². The van der Waals surface area contributed by atoms with Crippen LogP contribution in [0.25, 0.3) is 11.0 Å². The molecule has 2 heterocycles. The molecule has 1 aliphatic heterocycles. The second-order valence-corrected chi connectivity index (χ2v) is 9.91. The molecule has 1 fully saturated rings. The van der Waals surface area contributed by atoms with E-state index in [0.717, 1.165) is 54.4 Å². The Bertz CT molecular complexity index is 971. The van der Waals surface area contributed by atoms with Gasteiger partial charge in [0.2, 0.25) is 0 Å². The number of carbonyl (C=O) groups is 1. The van der Waals surface area contributed by atoms with Gasteiger partial charge in [0, 0.05) is 48.6 Å². The summed E-state index contributed by atoms with van der Waals surface area (Å²) in [6, 6.07) is 6.29. The van der Waals surface area contributed by atoms with Gasteiger partial charge in [-0.2, -0.15) is 5.10 Å². The zero-order chi connectivity index (χ0) is 22.6. The van der Waals surface area contributed by atoms with Crippen LogP contribution in [0.2, 0.25) is 0 Å². The van der Waals surface area contributed by atoms with Crippen LogP contribution in [0.15, 0.2) is 40.3 Å². The number of hydrazone groups is 1. The lowest BCUT2D eigenvalue weighted by molar-refractivity contribution is -0.131. The number of carboxylic acids is 1. The molecule has 0 amide bonds. The smallest absolute Gasteiger partial charge is 0.336 e. The van der Waals surface area contributed by atoms with E-state index in [1.807, 2.05) is 6.92 Å². The van der Waals surface area contributed by atoms with Crippen molar-refractivity contribution in [2.45, 2.75) is 57.4 Å². The van der Waals surface area contributed by atoms with Crippen LogP contribution < -0.4 is 0 Å². The largest absolute Gasteiger partial charge is 0.478 e. The highest BCUT2D eigenvalue weighted by Crippen LogP contribution is 2.32. The highest BCUT2D eigenvalue weighted by Gasteiger charge is 2.25. The van der Waals surface area contributed by atoms with Crippen molar-refractivity contribution in [3.8, 4) is 0 Å². The summed E-state index contributed by atoms with van der Waals surface area (Å²) in [6.45, 7) is 15.3. The SMILES string of the molecule is C=C(/C=N\N(CC)Sc1ccc2c(c1)nc(C(C)(C)C)n2CC1CCOCC1)C(=O)O. The number of aliphatic carboxylic acids is 1. The minimum Gasteiger partial charge on any atom is -0.478 e. The molecular formula is C23H32N4O3S. The lowest BCUT2D eigenvalue weighted by Crippen LogP contribution is -2.25. The Morgan fingerprint density at radius 1 is 1.42 bits per heavy atom. The molecule has 1 aliphatic rings. The van der Waals surface area contributed by atoms with Gasteiger partial charge in [-0.25, -0.2) is 14.2 Å². The molecule has 8 heteroatoms. The zero-order valence-electron chi connectivity index (χ0n) is 18.8. The van der Waals surface area contributed by atoms with E-state index in [-0.39, 0.29) is 11.0 Å². The van der Waals surface area contributed by atoms with Crippen LogP contribution >= 0.6 is 11.9 Å². The summed E-state index contributed by atoms with van der Waals surface area (Å²) in [5.41, 5.74) is 2.01. The van der Waals surface area contributed by atoms with Crippen LogP contribution in [0.3, 0.4) is 0 Å². The molecule has 1 aromatic heterocycles. The quantitative estimate of drug-likeness (QED) is 0.275. The predicted octanol–water partition coefficient (Wildman–Crippen LogP) is 4.72. The fourth-order valence-electron chi connectivity index (χ4n) is 3.59. The average Bonchev–Trinajstić information content (AvgIpc) is 3.09. The molecule has 0 unspecified atom stereocenters. The fourth-order valence-corrected chi connectivity index (χ4v) is 4.35. The highest BCUT2D eigenvalue weighted by molar-refractivity contribution is 7.97. The number of aromatic nitrogens is 2. The maximum atomic E-state index is 10.9. The van der Waals surface area contributed by atoms with E-state index in [2.05, 4.69) is 55.2 Å². The predicted molar refractivity (Wildman–Crippen MR) is 125 cm³/mol. The normalized spacial score (nSPS) is 15.6. The minimum absolute atomic E-state index is 0.0452. The number of benzene rings is 1. The first-order valence-corrected chi connectivity index (χ1v) is 11.5.